The quantitative estimate of drug-likeness (QED) is 0.368. The maximum Gasteiger partial charge on any atom is 0.218 e. The molecular formula is C4H10N2O2. The minimum Gasteiger partial charge on any atom is -0.370 e. The van der Waals surface area contributed by atoms with Crippen LogP contribution in [0.4, 0.5) is 0 Å². The van der Waals surface area contributed by atoms with Gasteiger partial charge in [-0.05, 0) is 0 Å². The Morgan fingerprint density at radius 2 is 2.50 bits per heavy atom. The number of nitrogens with one attached hydrogen (secondary N) is 1. The Hall–Kier alpha value is -0.610. The summed E-state index contributed by atoms with van der Waals surface area (Å²) in [6, 6.07) is 0. The molecule has 48 valence electrons. The monoisotopic (exact) mass is 118 g/mol. The molecule has 1 amide bonds. The summed E-state index contributed by atoms with van der Waals surface area (Å²) in [7, 11) is 1.49. The lowest BCUT2D eigenvalue weighted by Crippen LogP contribution is -2.20. The van der Waals surface area contributed by atoms with E-state index >= 15 is 0 Å². The summed E-state index contributed by atoms with van der Waals surface area (Å²) in [4.78, 5) is 14.4. The van der Waals surface area contributed by atoms with Gasteiger partial charge in [-0.2, -0.15) is 0 Å². The normalized spacial score (nSPS) is 9.12. The summed E-state index contributed by atoms with van der Waals surface area (Å²) >= 11 is 0. The highest BCUT2D eigenvalue weighted by molar-refractivity contribution is 5.73. The lowest BCUT2D eigenvalue weighted by atomic mass is 10.4. The van der Waals surface area contributed by atoms with Gasteiger partial charge in [0.15, 0.2) is 0 Å². The molecule has 0 fully saturated rings. The third-order valence-electron chi connectivity index (χ3n) is 0.618. The number of hydrogen-bond donors (Lipinski definition) is 2. The Labute approximate surface area is 48.0 Å². The zero-order valence-corrected chi connectivity index (χ0v) is 4.81. The first kappa shape index (κ1) is 7.39. The summed E-state index contributed by atoms with van der Waals surface area (Å²) in [6.07, 6.45) is 0.313. The van der Waals surface area contributed by atoms with Gasteiger partial charge in [0.05, 0.1) is 7.11 Å². The first-order valence-corrected chi connectivity index (χ1v) is 2.31. The van der Waals surface area contributed by atoms with Crippen LogP contribution in [0.25, 0.3) is 0 Å². The van der Waals surface area contributed by atoms with Crippen LogP contribution in [0.1, 0.15) is 6.42 Å². The van der Waals surface area contributed by atoms with Crippen LogP contribution in [0, 0.1) is 0 Å². The van der Waals surface area contributed by atoms with Crippen LogP contribution in [0.5, 0.6) is 0 Å². The van der Waals surface area contributed by atoms with E-state index < -0.39 is 0 Å². The first-order valence-electron chi connectivity index (χ1n) is 2.31. The molecule has 4 heteroatoms. The number of hydroxylamine groups is 1. The van der Waals surface area contributed by atoms with Crippen molar-refractivity contribution < 1.29 is 9.63 Å². The maximum atomic E-state index is 10.0. The lowest BCUT2D eigenvalue weighted by Gasteiger charge is -1.95. The van der Waals surface area contributed by atoms with Gasteiger partial charge >= 0.3 is 0 Å². The molecule has 0 saturated heterocycles. The van der Waals surface area contributed by atoms with Gasteiger partial charge < -0.3 is 10.6 Å². The molecule has 8 heavy (non-hydrogen) atoms. The predicted octanol–water partition coefficient (Wildman–Crippen LogP) is -0.987. The predicted molar refractivity (Wildman–Crippen MR) is 28.8 cm³/mol. The van der Waals surface area contributed by atoms with E-state index in [0.717, 1.165) is 0 Å². The lowest BCUT2D eigenvalue weighted by molar-refractivity contribution is -0.118. The Kier molecular flexibility index (Phi) is 4.20. The molecule has 0 atom stereocenters. The van der Waals surface area contributed by atoms with Gasteiger partial charge in [-0.25, -0.2) is 5.48 Å². The molecule has 3 N–H and O–H groups in total. The summed E-state index contributed by atoms with van der Waals surface area (Å²) in [5.74, 6) is -0.324. The number of hydrogen-bond acceptors (Lipinski definition) is 3. The van der Waals surface area contributed by atoms with Crippen molar-refractivity contribution >= 4 is 5.91 Å². The second-order valence-corrected chi connectivity index (χ2v) is 1.31. The Bertz CT molecular complexity index is 74.4. The van der Waals surface area contributed by atoms with Gasteiger partial charge in [0.2, 0.25) is 5.91 Å². The standard InChI is InChI=1S/C4H10N2O2/c1-8-6-3-2-4(5)7/h6H,2-3H2,1H3,(H2,5,7). The topological polar surface area (TPSA) is 64.3 Å². The SMILES string of the molecule is CONCCC(N)=O. The zero-order chi connectivity index (χ0) is 6.41. The van der Waals surface area contributed by atoms with Gasteiger partial charge in [-0.15, -0.1) is 0 Å². The number of amides is 1. The highest BCUT2D eigenvalue weighted by Gasteiger charge is 1.89. The van der Waals surface area contributed by atoms with E-state index in [9.17, 15) is 4.79 Å². The van der Waals surface area contributed by atoms with Crippen LogP contribution in [-0.4, -0.2) is 19.6 Å². The van der Waals surface area contributed by atoms with E-state index in [-0.39, 0.29) is 5.91 Å². The van der Waals surface area contributed by atoms with Crippen LogP contribution < -0.4 is 11.2 Å². The molecule has 0 radical (unpaired) electrons. The van der Waals surface area contributed by atoms with Crippen molar-refractivity contribution in [1.82, 2.24) is 5.48 Å². The minimum atomic E-state index is -0.324. The zero-order valence-electron chi connectivity index (χ0n) is 4.81. The minimum absolute atomic E-state index is 0.313. The van der Waals surface area contributed by atoms with Crippen molar-refractivity contribution in [1.29, 1.82) is 0 Å². The summed E-state index contributed by atoms with van der Waals surface area (Å²) in [6.45, 7) is 0.478. The summed E-state index contributed by atoms with van der Waals surface area (Å²) < 4.78 is 0. The van der Waals surface area contributed by atoms with E-state index in [1.54, 1.807) is 0 Å². The molecular weight excluding hydrogens is 108 g/mol. The molecule has 0 bridgehead atoms. The molecule has 0 rings (SSSR count). The van der Waals surface area contributed by atoms with Crippen molar-refractivity contribution in [3.63, 3.8) is 0 Å². The number of rotatable bonds is 4. The molecule has 0 aliphatic rings. The fourth-order valence-electron chi connectivity index (χ4n) is 0.276. The number of carbonyl (C=O) groups excluding carboxylic acids is 1. The van der Waals surface area contributed by atoms with Gasteiger partial charge in [0.25, 0.3) is 0 Å². The molecule has 0 aliphatic carbocycles. The highest BCUT2D eigenvalue weighted by atomic mass is 16.6. The second-order valence-electron chi connectivity index (χ2n) is 1.31. The van der Waals surface area contributed by atoms with Crippen molar-refractivity contribution in [2.75, 3.05) is 13.7 Å². The molecule has 0 aromatic heterocycles. The Morgan fingerprint density at radius 3 is 2.88 bits per heavy atom. The van der Waals surface area contributed by atoms with Crippen LogP contribution in [0.15, 0.2) is 0 Å². The third-order valence-corrected chi connectivity index (χ3v) is 0.618. The van der Waals surface area contributed by atoms with Crippen LogP contribution in [-0.2, 0) is 9.63 Å². The van der Waals surface area contributed by atoms with Gasteiger partial charge in [-0.1, -0.05) is 0 Å². The van der Waals surface area contributed by atoms with Crippen LogP contribution >= 0.6 is 0 Å². The van der Waals surface area contributed by atoms with Crippen molar-refractivity contribution in [3.8, 4) is 0 Å². The van der Waals surface area contributed by atoms with Gasteiger partial charge in [-0.3, -0.25) is 4.79 Å². The van der Waals surface area contributed by atoms with Gasteiger partial charge in [0, 0.05) is 13.0 Å². The largest absolute Gasteiger partial charge is 0.370 e. The van der Waals surface area contributed by atoms with E-state index in [4.69, 9.17) is 5.73 Å². The molecule has 0 spiro atoms. The fraction of sp³-hybridized carbons (Fsp3) is 0.750. The Morgan fingerprint density at radius 1 is 1.88 bits per heavy atom. The average molecular weight is 118 g/mol. The summed E-state index contributed by atoms with van der Waals surface area (Å²) in [5.41, 5.74) is 7.28. The molecule has 4 nitrogen and oxygen atoms in total. The van der Waals surface area contributed by atoms with E-state index in [1.165, 1.54) is 7.11 Å². The number of carbonyl (C=O) groups is 1. The second kappa shape index (κ2) is 4.55. The van der Waals surface area contributed by atoms with Crippen molar-refractivity contribution in [2.45, 2.75) is 6.42 Å². The van der Waals surface area contributed by atoms with Crippen LogP contribution in [0.2, 0.25) is 0 Å². The molecule has 0 unspecified atom stereocenters. The molecule has 0 aliphatic heterocycles. The number of primary amides is 1. The number of nitrogens with two attached hydrogens (primary N) is 1. The third kappa shape index (κ3) is 5.39. The van der Waals surface area contributed by atoms with Crippen molar-refractivity contribution in [2.24, 2.45) is 5.73 Å². The maximum absolute atomic E-state index is 10.0. The first-order chi connectivity index (χ1) is 3.77. The van der Waals surface area contributed by atoms with E-state index in [1.807, 2.05) is 0 Å². The Balaban J connectivity index is 2.82. The molecule has 0 aromatic rings. The molecule has 0 aromatic carbocycles. The van der Waals surface area contributed by atoms with Gasteiger partial charge in [0.1, 0.15) is 0 Å². The highest BCUT2D eigenvalue weighted by Crippen LogP contribution is 1.69. The fourth-order valence-corrected chi connectivity index (χ4v) is 0.276. The average Bonchev–Trinajstić information content (AvgIpc) is 1.66. The summed E-state index contributed by atoms with van der Waals surface area (Å²) in [5, 5.41) is 0. The molecule has 0 heterocycles. The molecule has 0 saturated carbocycles. The van der Waals surface area contributed by atoms with E-state index in [0.29, 0.717) is 13.0 Å². The smallest absolute Gasteiger partial charge is 0.218 e. The van der Waals surface area contributed by atoms with E-state index in [2.05, 4.69) is 10.3 Å². The van der Waals surface area contributed by atoms with Crippen LogP contribution in [0.3, 0.4) is 0 Å². The van der Waals surface area contributed by atoms with Crippen molar-refractivity contribution in [3.05, 3.63) is 0 Å².